The second-order valence-corrected chi connectivity index (χ2v) is 6.24. The lowest BCUT2D eigenvalue weighted by Crippen LogP contribution is -2.27. The van der Waals surface area contributed by atoms with Crippen molar-refractivity contribution in [2.24, 2.45) is 5.92 Å². The molecule has 1 saturated carbocycles. The number of carbonyl (C=O) groups is 1. The highest BCUT2D eigenvalue weighted by atomic mass is 35.5. The summed E-state index contributed by atoms with van der Waals surface area (Å²) in [4.78, 5) is 16.4. The molecule has 0 saturated heterocycles. The first-order valence-corrected chi connectivity index (χ1v) is 7.80. The molecule has 1 aliphatic carbocycles. The van der Waals surface area contributed by atoms with E-state index < -0.39 is 0 Å². The Morgan fingerprint density at radius 2 is 1.86 bits per heavy atom. The smallest absolute Gasteiger partial charge is 0.183 e. The molecule has 1 aliphatic rings. The molecule has 108 valence electrons. The van der Waals surface area contributed by atoms with E-state index in [-0.39, 0.29) is 5.78 Å². The average Bonchev–Trinajstić information content (AvgIpc) is 2.46. The van der Waals surface area contributed by atoms with Crippen molar-refractivity contribution >= 4 is 29.0 Å². The molecule has 1 aromatic heterocycles. The van der Waals surface area contributed by atoms with Crippen molar-refractivity contribution in [1.29, 1.82) is 0 Å². The Labute approximate surface area is 134 Å². The topological polar surface area (TPSA) is 30.0 Å². The Hall–Kier alpha value is -1.38. The minimum atomic E-state index is 0.0161. The van der Waals surface area contributed by atoms with Gasteiger partial charge in [0.2, 0.25) is 0 Å². The van der Waals surface area contributed by atoms with Gasteiger partial charge in [-0.3, -0.25) is 9.78 Å². The van der Waals surface area contributed by atoms with E-state index in [2.05, 4.69) is 11.1 Å². The summed E-state index contributed by atoms with van der Waals surface area (Å²) in [5.74, 6) is 0.711. The Morgan fingerprint density at radius 1 is 1.10 bits per heavy atom. The fourth-order valence-corrected chi connectivity index (χ4v) is 3.43. The molecule has 0 amide bonds. The summed E-state index contributed by atoms with van der Waals surface area (Å²) in [7, 11) is 0. The van der Waals surface area contributed by atoms with Crippen LogP contribution in [0.25, 0.3) is 0 Å². The van der Waals surface area contributed by atoms with Gasteiger partial charge in [-0.2, -0.15) is 0 Å². The van der Waals surface area contributed by atoms with Crippen molar-refractivity contribution in [3.8, 4) is 0 Å². The number of pyridine rings is 1. The number of carbonyl (C=O) groups excluding carboxylic acids is 1. The quantitative estimate of drug-likeness (QED) is 0.729. The van der Waals surface area contributed by atoms with E-state index in [1.807, 2.05) is 18.2 Å². The van der Waals surface area contributed by atoms with Gasteiger partial charge in [-0.15, -0.1) is 0 Å². The van der Waals surface area contributed by atoms with Gasteiger partial charge in [-0.05, 0) is 48.4 Å². The standard InChI is InChI=1S/C17H15Cl2NO/c18-14-5-2-1-4-13(14)12-8-7-11(12)10-16(21)17-15(19)6-3-9-20-17/h1-6,9,11-12H,7-8,10H2. The summed E-state index contributed by atoms with van der Waals surface area (Å²) in [6.45, 7) is 0. The third-order valence-corrected chi connectivity index (χ3v) is 4.84. The maximum absolute atomic E-state index is 12.4. The normalized spacial score (nSPS) is 20.9. The molecular weight excluding hydrogens is 305 g/mol. The van der Waals surface area contributed by atoms with Gasteiger partial charge in [0.15, 0.2) is 5.78 Å². The second-order valence-electron chi connectivity index (χ2n) is 5.43. The van der Waals surface area contributed by atoms with Gasteiger partial charge in [0, 0.05) is 17.6 Å². The first-order valence-electron chi connectivity index (χ1n) is 7.05. The molecule has 0 bridgehead atoms. The number of rotatable bonds is 4. The third-order valence-electron chi connectivity index (χ3n) is 4.19. The van der Waals surface area contributed by atoms with Gasteiger partial charge in [0.25, 0.3) is 0 Å². The first kappa shape index (κ1) is 14.6. The van der Waals surface area contributed by atoms with Crippen molar-refractivity contribution in [2.45, 2.75) is 25.2 Å². The number of hydrogen-bond donors (Lipinski definition) is 0. The van der Waals surface area contributed by atoms with E-state index in [0.717, 1.165) is 23.4 Å². The fraction of sp³-hybridized carbons (Fsp3) is 0.294. The van der Waals surface area contributed by atoms with E-state index in [4.69, 9.17) is 23.2 Å². The maximum atomic E-state index is 12.4. The predicted molar refractivity (Wildman–Crippen MR) is 85.1 cm³/mol. The van der Waals surface area contributed by atoms with E-state index in [1.165, 1.54) is 0 Å². The van der Waals surface area contributed by atoms with Gasteiger partial charge in [-0.25, -0.2) is 0 Å². The van der Waals surface area contributed by atoms with Crippen LogP contribution in [0.5, 0.6) is 0 Å². The molecule has 3 rings (SSSR count). The van der Waals surface area contributed by atoms with Crippen LogP contribution in [0.2, 0.25) is 10.0 Å². The van der Waals surface area contributed by atoms with Crippen molar-refractivity contribution in [1.82, 2.24) is 4.98 Å². The van der Waals surface area contributed by atoms with Gasteiger partial charge in [-0.1, -0.05) is 41.4 Å². The highest BCUT2D eigenvalue weighted by Crippen LogP contribution is 2.46. The Kier molecular flexibility index (Phi) is 4.27. The van der Waals surface area contributed by atoms with Crippen LogP contribution in [0.1, 0.15) is 41.2 Å². The summed E-state index contributed by atoms with van der Waals surface area (Å²) < 4.78 is 0. The molecular formula is C17H15Cl2NO. The zero-order valence-corrected chi connectivity index (χ0v) is 12.9. The summed E-state index contributed by atoms with van der Waals surface area (Å²) in [5.41, 5.74) is 1.53. The lowest BCUT2D eigenvalue weighted by molar-refractivity contribution is 0.0914. The largest absolute Gasteiger partial charge is 0.292 e. The number of nitrogens with zero attached hydrogens (tertiary/aromatic N) is 1. The summed E-state index contributed by atoms with van der Waals surface area (Å²) in [5, 5.41) is 1.21. The number of halogens is 2. The third kappa shape index (κ3) is 2.97. The van der Waals surface area contributed by atoms with Crippen LogP contribution < -0.4 is 0 Å². The van der Waals surface area contributed by atoms with E-state index in [9.17, 15) is 4.79 Å². The lowest BCUT2D eigenvalue weighted by atomic mass is 9.68. The van der Waals surface area contributed by atoms with Crippen LogP contribution in [0, 0.1) is 5.92 Å². The molecule has 21 heavy (non-hydrogen) atoms. The number of aromatic nitrogens is 1. The summed E-state index contributed by atoms with van der Waals surface area (Å²) in [6, 6.07) is 11.3. The molecule has 1 fully saturated rings. The molecule has 0 N–H and O–H groups in total. The monoisotopic (exact) mass is 319 g/mol. The predicted octanol–water partition coefficient (Wildman–Crippen LogP) is 5.16. The zero-order chi connectivity index (χ0) is 14.8. The number of hydrogen-bond acceptors (Lipinski definition) is 2. The van der Waals surface area contributed by atoms with Crippen LogP contribution in [0.3, 0.4) is 0 Å². The van der Waals surface area contributed by atoms with Crippen LogP contribution >= 0.6 is 23.2 Å². The minimum Gasteiger partial charge on any atom is -0.292 e. The van der Waals surface area contributed by atoms with Crippen LogP contribution in [-0.4, -0.2) is 10.8 Å². The fourth-order valence-electron chi connectivity index (χ4n) is 2.92. The van der Waals surface area contributed by atoms with E-state index in [1.54, 1.807) is 18.3 Å². The van der Waals surface area contributed by atoms with Crippen molar-refractivity contribution in [3.05, 3.63) is 63.9 Å². The molecule has 2 aromatic rings. The van der Waals surface area contributed by atoms with Gasteiger partial charge in [0.1, 0.15) is 5.69 Å². The first-order chi connectivity index (χ1) is 10.2. The Bertz CT molecular complexity index is 671. The molecule has 2 atom stereocenters. The molecule has 4 heteroatoms. The van der Waals surface area contributed by atoms with Gasteiger partial charge in [0.05, 0.1) is 5.02 Å². The molecule has 2 nitrogen and oxygen atoms in total. The van der Waals surface area contributed by atoms with Gasteiger partial charge < -0.3 is 0 Å². The van der Waals surface area contributed by atoms with Crippen LogP contribution in [0.4, 0.5) is 0 Å². The van der Waals surface area contributed by atoms with Gasteiger partial charge >= 0.3 is 0 Å². The molecule has 0 aliphatic heterocycles. The number of Topliss-reactive ketones (excluding diaryl/α,β-unsaturated/α-hetero) is 1. The highest BCUT2D eigenvalue weighted by Gasteiger charge is 2.35. The van der Waals surface area contributed by atoms with Crippen LogP contribution in [0.15, 0.2) is 42.6 Å². The number of ketones is 1. The van der Waals surface area contributed by atoms with Crippen LogP contribution in [-0.2, 0) is 0 Å². The minimum absolute atomic E-state index is 0.0161. The van der Waals surface area contributed by atoms with Crippen molar-refractivity contribution < 1.29 is 4.79 Å². The molecule has 0 radical (unpaired) electrons. The summed E-state index contributed by atoms with van der Waals surface area (Å²) >= 11 is 12.3. The molecule has 2 unspecified atom stereocenters. The van der Waals surface area contributed by atoms with Crippen molar-refractivity contribution in [2.75, 3.05) is 0 Å². The zero-order valence-electron chi connectivity index (χ0n) is 11.4. The van der Waals surface area contributed by atoms with E-state index >= 15 is 0 Å². The van der Waals surface area contributed by atoms with E-state index in [0.29, 0.717) is 29.0 Å². The summed E-state index contributed by atoms with van der Waals surface area (Å²) in [6.07, 6.45) is 4.21. The Morgan fingerprint density at radius 3 is 2.52 bits per heavy atom. The lowest BCUT2D eigenvalue weighted by Gasteiger charge is -2.37. The maximum Gasteiger partial charge on any atom is 0.183 e. The SMILES string of the molecule is O=C(CC1CCC1c1ccccc1Cl)c1ncccc1Cl. The second kappa shape index (κ2) is 6.17. The molecule has 0 spiro atoms. The molecule has 1 heterocycles. The molecule has 1 aromatic carbocycles. The average molecular weight is 320 g/mol. The Balaban J connectivity index is 1.73. The number of benzene rings is 1. The van der Waals surface area contributed by atoms with Crippen molar-refractivity contribution in [3.63, 3.8) is 0 Å². The highest BCUT2D eigenvalue weighted by molar-refractivity contribution is 6.33.